The van der Waals surface area contributed by atoms with Crippen LogP contribution in [0.4, 0.5) is 0 Å². The highest BCUT2D eigenvalue weighted by Crippen LogP contribution is 2.39. The molecule has 0 aliphatic rings. The predicted octanol–water partition coefficient (Wildman–Crippen LogP) is 14.4. The molecule has 5 nitrogen and oxygen atoms in total. The summed E-state index contributed by atoms with van der Waals surface area (Å²) in [7, 11) is 0. The number of fused-ring (bicyclic) bond motifs is 6. The summed E-state index contributed by atoms with van der Waals surface area (Å²) in [6, 6.07) is 79.5. The molecule has 0 radical (unpaired) electrons. The molecule has 0 N–H and O–H groups in total. The van der Waals surface area contributed by atoms with Crippen molar-refractivity contribution >= 4 is 43.6 Å². The Labute approximate surface area is 358 Å². The highest BCUT2D eigenvalue weighted by Gasteiger charge is 2.18. The molecule has 0 saturated heterocycles. The maximum absolute atomic E-state index is 4.99. The van der Waals surface area contributed by atoms with Gasteiger partial charge in [-0.1, -0.05) is 164 Å². The first kappa shape index (κ1) is 35.5. The van der Waals surface area contributed by atoms with Crippen LogP contribution in [0.25, 0.3) is 111 Å². The van der Waals surface area contributed by atoms with Crippen molar-refractivity contribution < 1.29 is 0 Å². The van der Waals surface area contributed by atoms with Crippen LogP contribution in [0, 0.1) is 0 Å². The van der Waals surface area contributed by atoms with E-state index in [0.717, 1.165) is 50.2 Å². The summed E-state index contributed by atoms with van der Waals surface area (Å²) in [5, 5.41) is 4.89. The van der Waals surface area contributed by atoms with Gasteiger partial charge in [-0.25, -0.2) is 15.0 Å². The third-order valence-corrected chi connectivity index (χ3v) is 12.0. The number of benzene rings is 9. The minimum atomic E-state index is 0.633. The maximum Gasteiger partial charge on any atom is 0.164 e. The van der Waals surface area contributed by atoms with E-state index in [1.165, 1.54) is 43.7 Å². The van der Waals surface area contributed by atoms with Crippen molar-refractivity contribution in [3.8, 4) is 67.8 Å². The van der Waals surface area contributed by atoms with Crippen LogP contribution < -0.4 is 0 Å². The molecule has 0 spiro atoms. The summed E-state index contributed by atoms with van der Waals surface area (Å²) in [5.41, 5.74) is 14.4. The van der Waals surface area contributed by atoms with Crippen molar-refractivity contribution in [2.24, 2.45) is 0 Å². The monoisotopic (exact) mass is 791 g/mol. The molecule has 62 heavy (non-hydrogen) atoms. The number of hydrogen-bond acceptors (Lipinski definition) is 3. The summed E-state index contributed by atoms with van der Waals surface area (Å²) in [6.07, 6.45) is 0. The zero-order valence-corrected chi connectivity index (χ0v) is 33.6. The topological polar surface area (TPSA) is 48.5 Å². The molecule has 0 unspecified atom stereocenters. The number of para-hydroxylation sites is 2. The van der Waals surface area contributed by atoms with Gasteiger partial charge in [0.2, 0.25) is 0 Å². The van der Waals surface area contributed by atoms with E-state index in [9.17, 15) is 0 Å². The van der Waals surface area contributed by atoms with Gasteiger partial charge in [0.1, 0.15) is 0 Å². The van der Waals surface area contributed by atoms with Crippen molar-refractivity contribution in [2.75, 3.05) is 0 Å². The Bertz CT molecular complexity index is 3550. The Morgan fingerprint density at radius 3 is 1.11 bits per heavy atom. The van der Waals surface area contributed by atoms with Crippen LogP contribution in [-0.2, 0) is 0 Å². The van der Waals surface area contributed by atoms with E-state index in [1.54, 1.807) is 0 Å². The van der Waals surface area contributed by atoms with Gasteiger partial charge in [-0.3, -0.25) is 0 Å². The summed E-state index contributed by atoms with van der Waals surface area (Å²) >= 11 is 0. The number of nitrogens with zero attached hydrogens (tertiary/aromatic N) is 5. The van der Waals surface area contributed by atoms with Crippen LogP contribution in [-0.4, -0.2) is 24.1 Å². The van der Waals surface area contributed by atoms with E-state index < -0.39 is 0 Å². The van der Waals surface area contributed by atoms with E-state index in [4.69, 9.17) is 15.0 Å². The minimum Gasteiger partial charge on any atom is -0.309 e. The van der Waals surface area contributed by atoms with Gasteiger partial charge in [0, 0.05) is 49.6 Å². The molecule has 3 aromatic heterocycles. The van der Waals surface area contributed by atoms with Crippen LogP contribution >= 0.6 is 0 Å². The van der Waals surface area contributed by atoms with Gasteiger partial charge < -0.3 is 9.13 Å². The second kappa shape index (κ2) is 14.7. The molecule has 0 atom stereocenters. The van der Waals surface area contributed by atoms with E-state index in [1.807, 2.05) is 60.7 Å². The largest absolute Gasteiger partial charge is 0.309 e. The summed E-state index contributed by atoms with van der Waals surface area (Å²) in [5.74, 6) is 1.92. The third-order valence-electron chi connectivity index (χ3n) is 12.0. The van der Waals surface area contributed by atoms with Gasteiger partial charge in [-0.2, -0.15) is 0 Å². The van der Waals surface area contributed by atoms with Crippen LogP contribution in [0.15, 0.2) is 224 Å². The van der Waals surface area contributed by atoms with Crippen LogP contribution in [0.5, 0.6) is 0 Å². The van der Waals surface area contributed by atoms with E-state index >= 15 is 0 Å². The predicted molar refractivity (Wildman–Crippen MR) is 256 cm³/mol. The van der Waals surface area contributed by atoms with Crippen LogP contribution in [0.3, 0.4) is 0 Å². The Hall–Kier alpha value is -8.41. The van der Waals surface area contributed by atoms with Crippen molar-refractivity contribution in [1.82, 2.24) is 24.1 Å². The molecular weight excluding hydrogens is 755 g/mol. The summed E-state index contributed by atoms with van der Waals surface area (Å²) < 4.78 is 4.79. The average molecular weight is 792 g/mol. The highest BCUT2D eigenvalue weighted by molar-refractivity contribution is 6.12. The molecule has 5 heteroatoms. The van der Waals surface area contributed by atoms with Crippen molar-refractivity contribution in [1.29, 1.82) is 0 Å². The first-order valence-corrected chi connectivity index (χ1v) is 20.9. The molecule has 3 heterocycles. The van der Waals surface area contributed by atoms with Crippen molar-refractivity contribution in [3.63, 3.8) is 0 Å². The fraction of sp³-hybridized carbons (Fsp3) is 0. The second-order valence-electron chi connectivity index (χ2n) is 15.7. The lowest BCUT2D eigenvalue weighted by Crippen LogP contribution is -2.00. The fourth-order valence-corrected chi connectivity index (χ4v) is 9.01. The zero-order chi connectivity index (χ0) is 41.0. The quantitative estimate of drug-likeness (QED) is 0.162. The molecule has 9 aromatic carbocycles. The molecule has 0 fully saturated rings. The fourth-order valence-electron chi connectivity index (χ4n) is 9.01. The molecule has 12 aromatic rings. The van der Waals surface area contributed by atoms with Gasteiger partial charge in [0.15, 0.2) is 17.5 Å². The van der Waals surface area contributed by atoms with Gasteiger partial charge in [-0.15, -0.1) is 0 Å². The number of hydrogen-bond donors (Lipinski definition) is 0. The lowest BCUT2D eigenvalue weighted by atomic mass is 10.0. The van der Waals surface area contributed by atoms with Crippen molar-refractivity contribution in [2.45, 2.75) is 0 Å². The molecule has 0 aliphatic carbocycles. The molecule has 0 bridgehead atoms. The first-order valence-electron chi connectivity index (χ1n) is 20.9. The summed E-state index contributed by atoms with van der Waals surface area (Å²) in [4.78, 5) is 14.9. The Balaban J connectivity index is 0.980. The Morgan fingerprint density at radius 2 is 0.597 bits per heavy atom. The second-order valence-corrected chi connectivity index (χ2v) is 15.7. The van der Waals surface area contributed by atoms with E-state index in [2.05, 4.69) is 173 Å². The van der Waals surface area contributed by atoms with Crippen molar-refractivity contribution in [3.05, 3.63) is 224 Å². The average Bonchev–Trinajstić information content (AvgIpc) is 3.87. The SMILES string of the molecule is c1ccc(-c2cccc(-n3c4ccccc4c4ccc(-c5ccc6c7ccccc7n(-c7ccc(-c8nc(-c9ccccc9)nc(-c9ccccc9)n8)cc7)c6c5)cc43)c2)cc1. The molecule has 0 amide bonds. The molecule has 12 rings (SSSR count). The molecule has 290 valence electrons. The first-order chi connectivity index (χ1) is 30.7. The van der Waals surface area contributed by atoms with Gasteiger partial charge in [-0.05, 0) is 82.9 Å². The number of aromatic nitrogens is 5. The third kappa shape index (κ3) is 6.06. The normalized spacial score (nSPS) is 11.5. The molecule has 0 saturated carbocycles. The van der Waals surface area contributed by atoms with E-state index in [-0.39, 0.29) is 0 Å². The maximum atomic E-state index is 4.99. The Morgan fingerprint density at radius 1 is 0.226 bits per heavy atom. The molecular formula is C57H37N5. The summed E-state index contributed by atoms with van der Waals surface area (Å²) in [6.45, 7) is 0. The molecule has 0 aliphatic heterocycles. The zero-order valence-electron chi connectivity index (χ0n) is 33.6. The number of rotatable bonds is 7. The van der Waals surface area contributed by atoms with Gasteiger partial charge >= 0.3 is 0 Å². The van der Waals surface area contributed by atoms with Crippen LogP contribution in [0.1, 0.15) is 0 Å². The minimum absolute atomic E-state index is 0.633. The van der Waals surface area contributed by atoms with Gasteiger partial charge in [0.05, 0.1) is 22.1 Å². The lowest BCUT2D eigenvalue weighted by Gasteiger charge is -2.12. The highest BCUT2D eigenvalue weighted by atomic mass is 15.0. The lowest BCUT2D eigenvalue weighted by molar-refractivity contribution is 1.07. The Kier molecular flexibility index (Phi) is 8.42. The van der Waals surface area contributed by atoms with Gasteiger partial charge in [0.25, 0.3) is 0 Å². The van der Waals surface area contributed by atoms with Crippen LogP contribution in [0.2, 0.25) is 0 Å². The van der Waals surface area contributed by atoms with E-state index in [0.29, 0.717) is 17.5 Å². The smallest absolute Gasteiger partial charge is 0.164 e. The standard InChI is InChI=1S/C57H37N5/c1-4-15-38(16-5-1)42-21-14-22-46(35-42)62-52-26-13-11-24-48(52)50-34-30-44(37-54(50)62)43-29-33-49-47-23-10-12-25-51(47)61(53(49)36-43)45-31-27-41(28-32-45)57-59-55(39-17-6-2-7-18-39)58-56(60-57)40-19-8-3-9-20-40/h1-37H.